The first-order chi connectivity index (χ1) is 6.74. The van der Waals surface area contributed by atoms with Gasteiger partial charge in [0.2, 0.25) is 0 Å². The quantitative estimate of drug-likeness (QED) is 0.513. The summed E-state index contributed by atoms with van der Waals surface area (Å²) in [5.41, 5.74) is 0. The largest absolute Gasteiger partial charge is 0.380 e. The predicted octanol–water partition coefficient (Wildman–Crippen LogP) is 0.560. The summed E-state index contributed by atoms with van der Waals surface area (Å²) in [6, 6.07) is 0. The van der Waals surface area contributed by atoms with Crippen molar-refractivity contribution in [2.24, 2.45) is 0 Å². The maximum absolute atomic E-state index is 11.2. The fourth-order valence-corrected chi connectivity index (χ4v) is 1.14. The Bertz CT molecular complexity index is 150. The summed E-state index contributed by atoms with van der Waals surface area (Å²) in [5, 5.41) is 0. The zero-order valence-corrected chi connectivity index (χ0v) is 9.41. The molecule has 0 rings (SSSR count). The first kappa shape index (κ1) is 13.5. The fraction of sp³-hybridized carbons (Fsp3) is 0.900. The SMILES string of the molecule is CCOCCN(CC)CC(=O)COC. The van der Waals surface area contributed by atoms with Crippen LogP contribution in [-0.2, 0) is 14.3 Å². The maximum atomic E-state index is 11.2. The minimum Gasteiger partial charge on any atom is -0.380 e. The molecule has 0 aliphatic rings. The molecule has 0 aromatic heterocycles. The number of carbonyl (C=O) groups is 1. The summed E-state index contributed by atoms with van der Waals surface area (Å²) in [6.45, 7) is 7.73. The smallest absolute Gasteiger partial charge is 0.172 e. The second-order valence-electron chi connectivity index (χ2n) is 3.04. The Labute approximate surface area is 86.2 Å². The molecule has 14 heavy (non-hydrogen) atoms. The van der Waals surface area contributed by atoms with E-state index >= 15 is 0 Å². The van der Waals surface area contributed by atoms with Crippen LogP contribution in [0.1, 0.15) is 13.8 Å². The van der Waals surface area contributed by atoms with Gasteiger partial charge in [-0.05, 0) is 13.5 Å². The molecule has 0 aliphatic carbocycles. The number of methoxy groups -OCH3 is 1. The lowest BCUT2D eigenvalue weighted by Crippen LogP contribution is -2.34. The number of hydrogen-bond acceptors (Lipinski definition) is 4. The average Bonchev–Trinajstić information content (AvgIpc) is 2.17. The van der Waals surface area contributed by atoms with E-state index in [4.69, 9.17) is 9.47 Å². The van der Waals surface area contributed by atoms with E-state index in [1.165, 1.54) is 7.11 Å². The van der Waals surface area contributed by atoms with Gasteiger partial charge in [0.05, 0.1) is 13.2 Å². The minimum absolute atomic E-state index is 0.117. The van der Waals surface area contributed by atoms with Gasteiger partial charge in [0.15, 0.2) is 5.78 Å². The van der Waals surface area contributed by atoms with Gasteiger partial charge in [0, 0.05) is 20.3 Å². The van der Waals surface area contributed by atoms with E-state index in [0.29, 0.717) is 13.2 Å². The van der Waals surface area contributed by atoms with Crippen LogP contribution in [0.2, 0.25) is 0 Å². The molecule has 4 heteroatoms. The molecule has 84 valence electrons. The van der Waals surface area contributed by atoms with E-state index in [-0.39, 0.29) is 12.4 Å². The Balaban J connectivity index is 3.61. The highest BCUT2D eigenvalue weighted by Crippen LogP contribution is 1.89. The van der Waals surface area contributed by atoms with Crippen molar-refractivity contribution in [1.82, 2.24) is 4.90 Å². The number of ketones is 1. The minimum atomic E-state index is 0.117. The summed E-state index contributed by atoms with van der Waals surface area (Å²) in [5.74, 6) is 0.117. The van der Waals surface area contributed by atoms with Crippen molar-refractivity contribution < 1.29 is 14.3 Å². The standard InChI is InChI=1S/C10H21NO3/c1-4-11(6-7-14-5-2)8-10(12)9-13-3/h4-9H2,1-3H3. The van der Waals surface area contributed by atoms with E-state index in [1.807, 2.05) is 13.8 Å². The summed E-state index contributed by atoms with van der Waals surface area (Å²) in [6.07, 6.45) is 0. The Morgan fingerprint density at radius 1 is 1.36 bits per heavy atom. The number of carbonyl (C=O) groups excluding carboxylic acids is 1. The summed E-state index contributed by atoms with van der Waals surface area (Å²) >= 11 is 0. The highest BCUT2D eigenvalue weighted by molar-refractivity contribution is 5.81. The van der Waals surface area contributed by atoms with Crippen molar-refractivity contribution in [2.45, 2.75) is 13.8 Å². The number of Topliss-reactive ketones (excluding diaryl/α,β-unsaturated/α-hetero) is 1. The number of ether oxygens (including phenoxy) is 2. The van der Waals surface area contributed by atoms with Gasteiger partial charge in [-0.2, -0.15) is 0 Å². The molecule has 4 nitrogen and oxygen atoms in total. The molecule has 0 aromatic rings. The Kier molecular flexibility index (Phi) is 8.83. The lowest BCUT2D eigenvalue weighted by molar-refractivity contribution is -0.123. The van der Waals surface area contributed by atoms with Gasteiger partial charge < -0.3 is 9.47 Å². The van der Waals surface area contributed by atoms with E-state index in [9.17, 15) is 4.79 Å². The molecule has 0 N–H and O–H groups in total. The summed E-state index contributed by atoms with van der Waals surface area (Å²) in [7, 11) is 1.54. The molecule has 0 aliphatic heterocycles. The van der Waals surface area contributed by atoms with E-state index in [1.54, 1.807) is 0 Å². The van der Waals surface area contributed by atoms with E-state index in [0.717, 1.165) is 19.7 Å². The zero-order chi connectivity index (χ0) is 10.8. The van der Waals surface area contributed by atoms with Crippen LogP contribution in [0.3, 0.4) is 0 Å². The van der Waals surface area contributed by atoms with Crippen molar-refractivity contribution in [3.63, 3.8) is 0 Å². The highest BCUT2D eigenvalue weighted by atomic mass is 16.5. The first-order valence-corrected chi connectivity index (χ1v) is 5.05. The van der Waals surface area contributed by atoms with Gasteiger partial charge in [-0.25, -0.2) is 0 Å². The van der Waals surface area contributed by atoms with Crippen molar-refractivity contribution >= 4 is 5.78 Å². The fourth-order valence-electron chi connectivity index (χ4n) is 1.14. The van der Waals surface area contributed by atoms with Gasteiger partial charge in [-0.1, -0.05) is 6.92 Å². The molecule has 0 fully saturated rings. The van der Waals surface area contributed by atoms with Crippen LogP contribution < -0.4 is 0 Å². The molecule has 0 unspecified atom stereocenters. The van der Waals surface area contributed by atoms with Crippen molar-refractivity contribution in [1.29, 1.82) is 0 Å². The Morgan fingerprint density at radius 3 is 2.57 bits per heavy atom. The molecule has 0 heterocycles. The normalized spacial score (nSPS) is 10.9. The van der Waals surface area contributed by atoms with Crippen LogP contribution in [0.15, 0.2) is 0 Å². The Morgan fingerprint density at radius 2 is 2.07 bits per heavy atom. The number of likely N-dealkylation sites (N-methyl/N-ethyl adjacent to an activating group) is 1. The molecule has 0 radical (unpaired) electrons. The molecule has 0 aromatic carbocycles. The van der Waals surface area contributed by atoms with Crippen LogP contribution in [0.5, 0.6) is 0 Å². The molecular formula is C10H21NO3. The summed E-state index contributed by atoms with van der Waals surface area (Å²) < 4.78 is 9.99. The third-order valence-corrected chi connectivity index (χ3v) is 1.91. The lowest BCUT2D eigenvalue weighted by atomic mass is 10.3. The van der Waals surface area contributed by atoms with Gasteiger partial charge in [0.25, 0.3) is 0 Å². The lowest BCUT2D eigenvalue weighted by Gasteiger charge is -2.18. The third kappa shape index (κ3) is 7.00. The predicted molar refractivity (Wildman–Crippen MR) is 55.5 cm³/mol. The molecule has 0 saturated carbocycles. The summed E-state index contributed by atoms with van der Waals surface area (Å²) in [4.78, 5) is 13.3. The van der Waals surface area contributed by atoms with Gasteiger partial charge in [-0.15, -0.1) is 0 Å². The molecular weight excluding hydrogens is 182 g/mol. The van der Waals surface area contributed by atoms with E-state index < -0.39 is 0 Å². The average molecular weight is 203 g/mol. The number of hydrogen-bond donors (Lipinski definition) is 0. The molecule has 0 saturated heterocycles. The topological polar surface area (TPSA) is 38.8 Å². The number of nitrogens with zero attached hydrogens (tertiary/aromatic N) is 1. The maximum Gasteiger partial charge on any atom is 0.172 e. The molecule has 0 amide bonds. The van der Waals surface area contributed by atoms with Crippen LogP contribution in [0, 0.1) is 0 Å². The van der Waals surface area contributed by atoms with Crippen LogP contribution in [-0.4, -0.2) is 57.2 Å². The van der Waals surface area contributed by atoms with Crippen molar-refractivity contribution in [2.75, 3.05) is 46.6 Å². The number of rotatable bonds is 9. The second-order valence-corrected chi connectivity index (χ2v) is 3.04. The van der Waals surface area contributed by atoms with Crippen LogP contribution in [0.25, 0.3) is 0 Å². The van der Waals surface area contributed by atoms with Gasteiger partial charge in [-0.3, -0.25) is 9.69 Å². The zero-order valence-electron chi connectivity index (χ0n) is 9.41. The van der Waals surface area contributed by atoms with Crippen molar-refractivity contribution in [3.05, 3.63) is 0 Å². The second kappa shape index (κ2) is 9.12. The first-order valence-electron chi connectivity index (χ1n) is 5.05. The molecule has 0 bridgehead atoms. The monoisotopic (exact) mass is 203 g/mol. The van der Waals surface area contributed by atoms with Gasteiger partial charge in [0.1, 0.15) is 6.61 Å². The van der Waals surface area contributed by atoms with Gasteiger partial charge >= 0.3 is 0 Å². The highest BCUT2D eigenvalue weighted by Gasteiger charge is 2.07. The van der Waals surface area contributed by atoms with Crippen LogP contribution in [0.4, 0.5) is 0 Å². The van der Waals surface area contributed by atoms with Crippen LogP contribution >= 0.6 is 0 Å². The Hall–Kier alpha value is -0.450. The third-order valence-electron chi connectivity index (χ3n) is 1.91. The molecule has 0 spiro atoms. The molecule has 0 atom stereocenters. The van der Waals surface area contributed by atoms with Crippen molar-refractivity contribution in [3.8, 4) is 0 Å². The van der Waals surface area contributed by atoms with E-state index in [2.05, 4.69) is 4.90 Å².